The van der Waals surface area contributed by atoms with Crippen LogP contribution in [-0.4, -0.2) is 4.98 Å². The molecule has 0 atom stereocenters. The third-order valence-electron chi connectivity index (χ3n) is 5.39. The van der Waals surface area contributed by atoms with Crippen LogP contribution in [0.5, 0.6) is 0 Å². The van der Waals surface area contributed by atoms with E-state index in [1.165, 1.54) is 54.5 Å². The minimum atomic E-state index is 0.664. The van der Waals surface area contributed by atoms with E-state index in [4.69, 9.17) is 4.98 Å². The molecular formula is C22H29N. The van der Waals surface area contributed by atoms with Crippen LogP contribution in [0.1, 0.15) is 80.2 Å². The van der Waals surface area contributed by atoms with Gasteiger partial charge in [0.2, 0.25) is 0 Å². The van der Waals surface area contributed by atoms with Crippen LogP contribution in [-0.2, 0) is 12.8 Å². The van der Waals surface area contributed by atoms with Gasteiger partial charge < -0.3 is 0 Å². The first-order chi connectivity index (χ1) is 11.3. The first kappa shape index (κ1) is 16.2. The molecule has 1 nitrogen and oxygen atoms in total. The third kappa shape index (κ3) is 4.02. The average Bonchev–Trinajstić information content (AvgIpc) is 2.63. The number of rotatable bonds is 5. The quantitative estimate of drug-likeness (QED) is 0.656. The zero-order valence-electron chi connectivity index (χ0n) is 14.6. The predicted molar refractivity (Wildman–Crippen MR) is 98.0 cm³/mol. The molecule has 2 aromatic rings. The molecule has 0 radical (unpaired) electrons. The van der Waals surface area contributed by atoms with Crippen molar-refractivity contribution in [1.29, 1.82) is 0 Å². The van der Waals surface area contributed by atoms with Crippen LogP contribution in [0.15, 0.2) is 42.6 Å². The van der Waals surface area contributed by atoms with Crippen molar-refractivity contribution in [1.82, 2.24) is 4.98 Å². The third-order valence-corrected chi connectivity index (χ3v) is 5.39. The summed E-state index contributed by atoms with van der Waals surface area (Å²) in [5, 5.41) is 0. The molecule has 0 unspecified atom stereocenters. The zero-order valence-corrected chi connectivity index (χ0v) is 14.6. The van der Waals surface area contributed by atoms with E-state index in [1.54, 1.807) is 0 Å². The Balaban J connectivity index is 1.59. The Hall–Kier alpha value is -1.63. The van der Waals surface area contributed by atoms with Gasteiger partial charge in [0.1, 0.15) is 0 Å². The molecule has 1 heterocycles. The van der Waals surface area contributed by atoms with Crippen molar-refractivity contribution in [3.63, 3.8) is 0 Å². The van der Waals surface area contributed by atoms with Gasteiger partial charge in [-0.1, -0.05) is 50.6 Å². The summed E-state index contributed by atoms with van der Waals surface area (Å²) in [6, 6.07) is 13.8. The number of pyridine rings is 1. The summed E-state index contributed by atoms with van der Waals surface area (Å²) in [7, 11) is 0. The minimum absolute atomic E-state index is 0.664. The molecule has 3 rings (SSSR count). The highest BCUT2D eigenvalue weighted by Gasteiger charge is 2.24. The smallest absolute Gasteiger partial charge is 0.0434 e. The SMILES string of the molecule is CCCc1ccc(C2CCC(c3ccc(CC)cc3)CC2)nc1. The summed E-state index contributed by atoms with van der Waals surface area (Å²) in [5.41, 5.74) is 5.66. The lowest BCUT2D eigenvalue weighted by atomic mass is 9.77. The van der Waals surface area contributed by atoms with Gasteiger partial charge in [0.05, 0.1) is 0 Å². The second-order valence-corrected chi connectivity index (χ2v) is 6.98. The van der Waals surface area contributed by atoms with Crippen LogP contribution < -0.4 is 0 Å². The van der Waals surface area contributed by atoms with E-state index >= 15 is 0 Å². The lowest BCUT2D eigenvalue weighted by molar-refractivity contribution is 0.391. The monoisotopic (exact) mass is 307 g/mol. The molecule has 122 valence electrons. The van der Waals surface area contributed by atoms with E-state index in [0.29, 0.717) is 5.92 Å². The van der Waals surface area contributed by atoms with Crippen molar-refractivity contribution < 1.29 is 0 Å². The molecule has 1 aromatic heterocycles. The lowest BCUT2D eigenvalue weighted by Gasteiger charge is -2.28. The van der Waals surface area contributed by atoms with Crippen molar-refractivity contribution in [3.8, 4) is 0 Å². The molecule has 0 aliphatic heterocycles. The number of hydrogen-bond donors (Lipinski definition) is 0. The number of benzene rings is 1. The maximum absolute atomic E-state index is 4.74. The molecule has 23 heavy (non-hydrogen) atoms. The summed E-state index contributed by atoms with van der Waals surface area (Å²) in [5.74, 6) is 1.41. The Morgan fingerprint density at radius 2 is 1.48 bits per heavy atom. The standard InChI is InChI=1S/C22H29N/c1-3-5-18-8-15-22(23-16-18)21-13-11-20(12-14-21)19-9-6-17(4-2)7-10-19/h6-10,15-16,20-21H,3-5,11-14H2,1-2H3. The lowest BCUT2D eigenvalue weighted by Crippen LogP contribution is -2.13. The Labute approximate surface area is 141 Å². The molecular weight excluding hydrogens is 278 g/mol. The van der Waals surface area contributed by atoms with Gasteiger partial charge in [0.15, 0.2) is 0 Å². The van der Waals surface area contributed by atoms with E-state index in [2.05, 4.69) is 56.4 Å². The van der Waals surface area contributed by atoms with Gasteiger partial charge in [-0.2, -0.15) is 0 Å². The predicted octanol–water partition coefficient (Wildman–Crippen LogP) is 6.04. The highest BCUT2D eigenvalue weighted by atomic mass is 14.7. The summed E-state index contributed by atoms with van der Waals surface area (Å²) >= 11 is 0. The van der Waals surface area contributed by atoms with Gasteiger partial charge in [-0.15, -0.1) is 0 Å². The molecule has 0 saturated heterocycles. The van der Waals surface area contributed by atoms with E-state index < -0.39 is 0 Å². The summed E-state index contributed by atoms with van der Waals surface area (Å²) in [4.78, 5) is 4.74. The Bertz CT molecular complexity index is 589. The highest BCUT2D eigenvalue weighted by Crippen LogP contribution is 2.39. The van der Waals surface area contributed by atoms with Crippen LogP contribution in [0.2, 0.25) is 0 Å². The molecule has 1 aromatic carbocycles. The summed E-state index contributed by atoms with van der Waals surface area (Å²) < 4.78 is 0. The van der Waals surface area contributed by atoms with Crippen molar-refractivity contribution in [2.45, 2.75) is 70.6 Å². The van der Waals surface area contributed by atoms with Crippen LogP contribution in [0.3, 0.4) is 0 Å². The number of nitrogens with zero attached hydrogens (tertiary/aromatic N) is 1. The van der Waals surface area contributed by atoms with Gasteiger partial charge >= 0.3 is 0 Å². The van der Waals surface area contributed by atoms with Gasteiger partial charge in [-0.3, -0.25) is 4.98 Å². The summed E-state index contributed by atoms with van der Waals surface area (Å²) in [6.07, 6.45) is 10.7. The largest absolute Gasteiger partial charge is 0.261 e. The summed E-state index contributed by atoms with van der Waals surface area (Å²) in [6.45, 7) is 4.45. The normalized spacial score (nSPS) is 21.3. The van der Waals surface area contributed by atoms with Crippen LogP contribution in [0.4, 0.5) is 0 Å². The molecule has 1 heteroatoms. The average molecular weight is 307 g/mol. The van der Waals surface area contributed by atoms with Crippen LogP contribution >= 0.6 is 0 Å². The van der Waals surface area contributed by atoms with Gasteiger partial charge in [0, 0.05) is 17.8 Å². The van der Waals surface area contributed by atoms with E-state index in [0.717, 1.165) is 18.8 Å². The molecule has 1 aliphatic rings. The fourth-order valence-electron chi connectivity index (χ4n) is 3.86. The molecule has 0 spiro atoms. The number of aryl methyl sites for hydroxylation is 2. The molecule has 1 fully saturated rings. The Morgan fingerprint density at radius 1 is 0.826 bits per heavy atom. The molecule has 1 aliphatic carbocycles. The molecule has 1 saturated carbocycles. The fraction of sp³-hybridized carbons (Fsp3) is 0.500. The minimum Gasteiger partial charge on any atom is -0.261 e. The van der Waals surface area contributed by atoms with Crippen molar-refractivity contribution in [2.75, 3.05) is 0 Å². The fourth-order valence-corrected chi connectivity index (χ4v) is 3.86. The van der Waals surface area contributed by atoms with E-state index in [1.807, 2.05) is 0 Å². The highest BCUT2D eigenvalue weighted by molar-refractivity contribution is 5.26. The maximum atomic E-state index is 4.74. The van der Waals surface area contributed by atoms with Gasteiger partial charge in [0.25, 0.3) is 0 Å². The topological polar surface area (TPSA) is 12.9 Å². The van der Waals surface area contributed by atoms with Gasteiger partial charge in [-0.25, -0.2) is 0 Å². The molecule has 0 bridgehead atoms. The van der Waals surface area contributed by atoms with E-state index in [9.17, 15) is 0 Å². The van der Waals surface area contributed by atoms with Crippen LogP contribution in [0, 0.1) is 0 Å². The van der Waals surface area contributed by atoms with Crippen molar-refractivity contribution in [3.05, 3.63) is 65.0 Å². The molecule has 0 N–H and O–H groups in total. The van der Waals surface area contributed by atoms with Crippen molar-refractivity contribution >= 4 is 0 Å². The van der Waals surface area contributed by atoms with E-state index in [-0.39, 0.29) is 0 Å². The second-order valence-electron chi connectivity index (χ2n) is 6.98. The van der Waals surface area contributed by atoms with Crippen molar-refractivity contribution in [2.24, 2.45) is 0 Å². The number of hydrogen-bond acceptors (Lipinski definition) is 1. The number of aromatic nitrogens is 1. The zero-order chi connectivity index (χ0) is 16.1. The Morgan fingerprint density at radius 3 is 2.04 bits per heavy atom. The van der Waals surface area contributed by atoms with Gasteiger partial charge in [-0.05, 0) is 67.2 Å². The van der Waals surface area contributed by atoms with Crippen LogP contribution in [0.25, 0.3) is 0 Å². The maximum Gasteiger partial charge on any atom is 0.0434 e. The second kappa shape index (κ2) is 7.77. The first-order valence-electron chi connectivity index (χ1n) is 9.33. The first-order valence-corrected chi connectivity index (χ1v) is 9.33. The Kier molecular flexibility index (Phi) is 5.48. The molecule has 0 amide bonds.